The van der Waals surface area contributed by atoms with Crippen LogP contribution < -0.4 is 5.32 Å². The van der Waals surface area contributed by atoms with Crippen molar-refractivity contribution in [3.8, 4) is 22.6 Å². The first kappa shape index (κ1) is 14.9. The molecule has 0 saturated carbocycles. The van der Waals surface area contributed by atoms with Gasteiger partial charge in [-0.15, -0.1) is 0 Å². The normalized spacial score (nSPS) is 20.4. The summed E-state index contributed by atoms with van der Waals surface area (Å²) in [6.45, 7) is 0.517. The predicted molar refractivity (Wildman–Crippen MR) is 84.3 cm³/mol. The van der Waals surface area contributed by atoms with Crippen molar-refractivity contribution in [2.75, 3.05) is 6.54 Å². The average molecular weight is 326 g/mol. The van der Waals surface area contributed by atoms with Gasteiger partial charge in [0.25, 0.3) is 0 Å². The van der Waals surface area contributed by atoms with Crippen LogP contribution in [0, 0.1) is 5.82 Å². The van der Waals surface area contributed by atoms with Gasteiger partial charge in [0.15, 0.2) is 0 Å². The van der Waals surface area contributed by atoms with Gasteiger partial charge >= 0.3 is 0 Å². The monoisotopic (exact) mass is 326 g/mol. The summed E-state index contributed by atoms with van der Waals surface area (Å²) >= 11 is 0. The standard InChI is InChI=1S/C17H15FN4O2/c18-12-3-1-2-10(6-12)11-4-5-14(19-8-11)16-21-17(24-22-16)15-7-13(23)9-20-15/h1-6,8,13,15,20,23H,7,9H2/t13-,15+/m1/s1. The molecule has 4 rings (SSSR count). The molecule has 0 spiro atoms. The zero-order chi connectivity index (χ0) is 16.5. The van der Waals surface area contributed by atoms with Crippen LogP contribution in [-0.2, 0) is 0 Å². The minimum Gasteiger partial charge on any atom is -0.392 e. The number of pyridine rings is 1. The molecule has 1 aliphatic rings. The lowest BCUT2D eigenvalue weighted by molar-refractivity contribution is 0.191. The number of rotatable bonds is 3. The zero-order valence-corrected chi connectivity index (χ0v) is 12.7. The largest absolute Gasteiger partial charge is 0.392 e. The maximum absolute atomic E-state index is 13.3. The minimum atomic E-state index is -0.394. The fraction of sp³-hybridized carbons (Fsp3) is 0.235. The van der Waals surface area contributed by atoms with Gasteiger partial charge in [0.05, 0.1) is 12.1 Å². The molecular formula is C17H15FN4O2. The van der Waals surface area contributed by atoms with E-state index in [1.807, 2.05) is 12.1 Å². The molecule has 0 amide bonds. The van der Waals surface area contributed by atoms with E-state index in [9.17, 15) is 9.50 Å². The summed E-state index contributed by atoms with van der Waals surface area (Å²) in [6, 6.07) is 9.82. The lowest BCUT2D eigenvalue weighted by Crippen LogP contribution is -2.15. The SMILES string of the molecule is O[C@H]1CN[C@H](c2nc(-c3ccc(-c4cccc(F)c4)cn3)no2)C1. The zero-order valence-electron chi connectivity index (χ0n) is 12.7. The van der Waals surface area contributed by atoms with E-state index in [-0.39, 0.29) is 11.9 Å². The molecule has 2 aromatic heterocycles. The molecule has 1 fully saturated rings. The summed E-state index contributed by atoms with van der Waals surface area (Å²) in [5.41, 5.74) is 2.14. The van der Waals surface area contributed by atoms with Gasteiger partial charge in [0.1, 0.15) is 11.5 Å². The van der Waals surface area contributed by atoms with E-state index in [1.165, 1.54) is 12.1 Å². The van der Waals surface area contributed by atoms with E-state index < -0.39 is 6.10 Å². The number of aromatic nitrogens is 3. The molecule has 122 valence electrons. The number of hydrogen-bond donors (Lipinski definition) is 2. The fourth-order valence-corrected chi connectivity index (χ4v) is 2.75. The predicted octanol–water partition coefficient (Wildman–Crippen LogP) is 2.33. The molecule has 3 heterocycles. The highest BCUT2D eigenvalue weighted by atomic mass is 19.1. The number of benzene rings is 1. The topological polar surface area (TPSA) is 84.1 Å². The molecule has 1 saturated heterocycles. The van der Waals surface area contributed by atoms with Crippen LogP contribution in [0.3, 0.4) is 0 Å². The van der Waals surface area contributed by atoms with E-state index in [2.05, 4.69) is 20.4 Å². The summed E-state index contributed by atoms with van der Waals surface area (Å²) < 4.78 is 18.6. The molecule has 1 aliphatic heterocycles. The number of aliphatic hydroxyl groups excluding tert-OH is 1. The van der Waals surface area contributed by atoms with E-state index in [0.29, 0.717) is 30.4 Å². The number of nitrogens with zero attached hydrogens (tertiary/aromatic N) is 3. The lowest BCUT2D eigenvalue weighted by atomic mass is 10.1. The van der Waals surface area contributed by atoms with E-state index in [4.69, 9.17) is 4.52 Å². The smallest absolute Gasteiger partial charge is 0.244 e. The average Bonchev–Trinajstić information content (AvgIpc) is 3.24. The van der Waals surface area contributed by atoms with Crippen molar-refractivity contribution in [1.82, 2.24) is 20.4 Å². The first-order chi connectivity index (χ1) is 11.7. The summed E-state index contributed by atoms with van der Waals surface area (Å²) in [7, 11) is 0. The van der Waals surface area contributed by atoms with Gasteiger partial charge in [-0.25, -0.2) is 4.39 Å². The summed E-state index contributed by atoms with van der Waals surface area (Å²) in [6.07, 6.45) is 1.81. The Kier molecular flexibility index (Phi) is 3.79. The number of nitrogens with one attached hydrogen (secondary N) is 1. The van der Waals surface area contributed by atoms with Crippen LogP contribution in [0.15, 0.2) is 47.1 Å². The lowest BCUT2D eigenvalue weighted by Gasteiger charge is -2.02. The van der Waals surface area contributed by atoms with Gasteiger partial charge in [0, 0.05) is 18.3 Å². The molecule has 1 aromatic carbocycles. The Labute approximate surface area is 137 Å². The number of hydrogen-bond acceptors (Lipinski definition) is 6. The van der Waals surface area contributed by atoms with Crippen molar-refractivity contribution in [3.05, 3.63) is 54.3 Å². The van der Waals surface area contributed by atoms with Crippen LogP contribution in [0.5, 0.6) is 0 Å². The quantitative estimate of drug-likeness (QED) is 0.768. The van der Waals surface area contributed by atoms with Crippen LogP contribution >= 0.6 is 0 Å². The van der Waals surface area contributed by atoms with Crippen molar-refractivity contribution in [1.29, 1.82) is 0 Å². The summed E-state index contributed by atoms with van der Waals surface area (Å²) in [5, 5.41) is 16.6. The number of halogens is 1. The van der Waals surface area contributed by atoms with Crippen LogP contribution in [0.4, 0.5) is 4.39 Å². The van der Waals surface area contributed by atoms with Crippen molar-refractivity contribution < 1.29 is 14.0 Å². The molecule has 3 aromatic rings. The Balaban J connectivity index is 1.56. The molecule has 2 atom stereocenters. The summed E-state index contributed by atoms with van der Waals surface area (Å²) in [5.74, 6) is 0.544. The third-order valence-corrected chi connectivity index (χ3v) is 4.00. The van der Waals surface area contributed by atoms with Gasteiger partial charge in [-0.05, 0) is 30.2 Å². The highest BCUT2D eigenvalue weighted by Gasteiger charge is 2.28. The Bertz CT molecular complexity index is 850. The minimum absolute atomic E-state index is 0.132. The Hall–Kier alpha value is -2.64. The maximum Gasteiger partial charge on any atom is 0.244 e. The van der Waals surface area contributed by atoms with Crippen molar-refractivity contribution in [2.45, 2.75) is 18.6 Å². The van der Waals surface area contributed by atoms with Crippen LogP contribution in [-0.4, -0.2) is 32.9 Å². The molecule has 6 nitrogen and oxygen atoms in total. The Morgan fingerprint density at radius 2 is 2.12 bits per heavy atom. The number of β-amino-alcohol motifs (C(OH)–C–C–N with tert-alkyl or cyclic N) is 1. The van der Waals surface area contributed by atoms with Crippen molar-refractivity contribution in [3.63, 3.8) is 0 Å². The molecular weight excluding hydrogens is 311 g/mol. The third-order valence-electron chi connectivity index (χ3n) is 4.00. The molecule has 2 N–H and O–H groups in total. The van der Waals surface area contributed by atoms with Gasteiger partial charge in [-0.1, -0.05) is 23.4 Å². The van der Waals surface area contributed by atoms with Gasteiger partial charge in [0.2, 0.25) is 11.7 Å². The second-order valence-corrected chi connectivity index (χ2v) is 5.75. The van der Waals surface area contributed by atoms with Crippen LogP contribution in [0.25, 0.3) is 22.6 Å². The molecule has 0 bridgehead atoms. The van der Waals surface area contributed by atoms with Gasteiger partial charge in [-0.2, -0.15) is 4.98 Å². The second-order valence-electron chi connectivity index (χ2n) is 5.75. The molecule has 24 heavy (non-hydrogen) atoms. The Morgan fingerprint density at radius 3 is 2.83 bits per heavy atom. The fourth-order valence-electron chi connectivity index (χ4n) is 2.75. The Morgan fingerprint density at radius 1 is 1.21 bits per heavy atom. The van der Waals surface area contributed by atoms with Crippen molar-refractivity contribution >= 4 is 0 Å². The molecule has 0 radical (unpaired) electrons. The first-order valence-electron chi connectivity index (χ1n) is 7.66. The first-order valence-corrected chi connectivity index (χ1v) is 7.66. The summed E-state index contributed by atoms with van der Waals surface area (Å²) in [4.78, 5) is 8.67. The van der Waals surface area contributed by atoms with E-state index >= 15 is 0 Å². The highest BCUT2D eigenvalue weighted by Crippen LogP contribution is 2.25. The highest BCUT2D eigenvalue weighted by molar-refractivity contribution is 5.64. The van der Waals surface area contributed by atoms with Gasteiger partial charge < -0.3 is 14.9 Å². The molecule has 0 aliphatic carbocycles. The third kappa shape index (κ3) is 2.91. The number of aliphatic hydroxyl groups is 1. The maximum atomic E-state index is 13.3. The van der Waals surface area contributed by atoms with Gasteiger partial charge in [-0.3, -0.25) is 4.98 Å². The van der Waals surface area contributed by atoms with E-state index in [1.54, 1.807) is 18.3 Å². The van der Waals surface area contributed by atoms with Crippen LogP contribution in [0.2, 0.25) is 0 Å². The van der Waals surface area contributed by atoms with E-state index in [0.717, 1.165) is 11.1 Å². The second kappa shape index (κ2) is 6.10. The van der Waals surface area contributed by atoms with Crippen molar-refractivity contribution in [2.24, 2.45) is 0 Å². The molecule has 7 heteroatoms. The molecule has 0 unspecified atom stereocenters. The van der Waals surface area contributed by atoms with Crippen LogP contribution in [0.1, 0.15) is 18.4 Å².